The Morgan fingerprint density at radius 3 is 1.63 bits per heavy atom. The molecule has 0 fully saturated rings. The van der Waals surface area contributed by atoms with Crippen molar-refractivity contribution in [2.24, 2.45) is 0 Å². The zero-order valence-electron chi connectivity index (χ0n) is 25.9. The highest BCUT2D eigenvalue weighted by atomic mass is 32.1. The Hall–Kier alpha value is -6.37. The molecule has 0 bridgehead atoms. The maximum Gasteiger partial charge on any atom is 0.227 e. The van der Waals surface area contributed by atoms with E-state index in [0.717, 1.165) is 83.0 Å². The van der Waals surface area contributed by atoms with Crippen LogP contribution in [0.2, 0.25) is 0 Å². The van der Waals surface area contributed by atoms with E-state index in [2.05, 4.69) is 95.9 Å². The lowest BCUT2D eigenvalue weighted by Gasteiger charge is -2.26. The van der Waals surface area contributed by atoms with Gasteiger partial charge in [0.1, 0.15) is 27.8 Å². The van der Waals surface area contributed by atoms with Gasteiger partial charge in [0.15, 0.2) is 5.58 Å². The van der Waals surface area contributed by atoms with Crippen molar-refractivity contribution in [1.29, 1.82) is 0 Å². The molecule has 0 aliphatic heterocycles. The lowest BCUT2D eigenvalue weighted by molar-refractivity contribution is 0.620. The number of furan rings is 2. The number of nitrogens with zero attached hydrogens (tertiary/aromatic N) is 2. The molecule has 0 radical (unpaired) electrons. The largest absolute Gasteiger partial charge is 0.456 e. The van der Waals surface area contributed by atoms with Crippen molar-refractivity contribution < 1.29 is 13.3 Å². The van der Waals surface area contributed by atoms with Crippen LogP contribution in [0.15, 0.2) is 159 Å². The first kappa shape index (κ1) is 26.7. The first-order valence-electron chi connectivity index (χ1n) is 16.2. The lowest BCUT2D eigenvalue weighted by atomic mass is 10.1. The number of rotatable bonds is 4. The van der Waals surface area contributed by atoms with E-state index in [1.165, 1.54) is 14.8 Å². The van der Waals surface area contributed by atoms with Crippen molar-refractivity contribution in [3.05, 3.63) is 146 Å². The zero-order valence-corrected chi connectivity index (χ0v) is 26.7. The van der Waals surface area contributed by atoms with Crippen LogP contribution in [0.4, 0.5) is 17.1 Å². The Labute approximate surface area is 282 Å². The number of hydrogen-bond acceptors (Lipinski definition) is 6. The van der Waals surface area contributed by atoms with Crippen molar-refractivity contribution in [1.82, 2.24) is 4.98 Å². The molecule has 4 heterocycles. The van der Waals surface area contributed by atoms with E-state index in [9.17, 15) is 0 Å². The molecule has 49 heavy (non-hydrogen) atoms. The Kier molecular flexibility index (Phi) is 5.48. The summed E-state index contributed by atoms with van der Waals surface area (Å²) in [4.78, 5) is 7.15. The Morgan fingerprint density at radius 2 is 0.959 bits per heavy atom. The predicted molar refractivity (Wildman–Crippen MR) is 202 cm³/mol. The Bertz CT molecular complexity index is 2960. The predicted octanol–water partition coefficient (Wildman–Crippen LogP) is 13.1. The molecule has 4 aromatic heterocycles. The number of anilines is 3. The van der Waals surface area contributed by atoms with Crippen molar-refractivity contribution in [2.75, 3.05) is 4.90 Å². The molecule has 0 aliphatic carbocycles. The molecule has 0 saturated heterocycles. The van der Waals surface area contributed by atoms with Crippen LogP contribution >= 0.6 is 11.3 Å². The van der Waals surface area contributed by atoms with Crippen molar-refractivity contribution in [3.63, 3.8) is 0 Å². The minimum atomic E-state index is 0.633. The molecule has 0 amide bonds. The Morgan fingerprint density at radius 1 is 0.408 bits per heavy atom. The molecule has 230 valence electrons. The van der Waals surface area contributed by atoms with Crippen LogP contribution in [0.5, 0.6) is 0 Å². The SMILES string of the molecule is c1ccc(-c2nc3cc4sc5ccc(N(c6ccc7oc8ccccc8c7c6)c6ccc7oc8ccccc8c7c6)cc5c4cc3o2)cc1. The van der Waals surface area contributed by atoms with E-state index < -0.39 is 0 Å². The highest BCUT2D eigenvalue weighted by molar-refractivity contribution is 7.25. The third kappa shape index (κ3) is 4.08. The summed E-state index contributed by atoms with van der Waals surface area (Å²) in [7, 11) is 0. The van der Waals surface area contributed by atoms with Gasteiger partial charge in [0, 0.05) is 64.3 Å². The number of para-hydroxylation sites is 2. The molecule has 6 heteroatoms. The van der Waals surface area contributed by atoms with E-state index in [1.54, 1.807) is 11.3 Å². The second-order valence-corrected chi connectivity index (χ2v) is 13.5. The molecular formula is C43H24N2O3S. The summed E-state index contributed by atoms with van der Waals surface area (Å²) in [5.74, 6) is 0.633. The smallest absolute Gasteiger partial charge is 0.227 e. The summed E-state index contributed by atoms with van der Waals surface area (Å²) < 4.78 is 21.1. The highest BCUT2D eigenvalue weighted by Crippen LogP contribution is 2.44. The van der Waals surface area contributed by atoms with Crippen LogP contribution in [-0.4, -0.2) is 4.98 Å². The van der Waals surface area contributed by atoms with Gasteiger partial charge in [0.05, 0.1) is 0 Å². The number of fused-ring (bicyclic) bond motifs is 10. The molecule has 0 atom stereocenters. The van der Waals surface area contributed by atoms with Gasteiger partial charge < -0.3 is 18.2 Å². The van der Waals surface area contributed by atoms with Gasteiger partial charge in [-0.25, -0.2) is 4.98 Å². The van der Waals surface area contributed by atoms with Gasteiger partial charge in [0.25, 0.3) is 0 Å². The van der Waals surface area contributed by atoms with Gasteiger partial charge in [0.2, 0.25) is 5.89 Å². The van der Waals surface area contributed by atoms with Gasteiger partial charge in [-0.2, -0.15) is 0 Å². The van der Waals surface area contributed by atoms with E-state index in [4.69, 9.17) is 18.2 Å². The normalized spacial score (nSPS) is 12.1. The molecular weight excluding hydrogens is 625 g/mol. The van der Waals surface area contributed by atoms with Crippen LogP contribution in [0.3, 0.4) is 0 Å². The number of hydrogen-bond donors (Lipinski definition) is 0. The molecule has 5 nitrogen and oxygen atoms in total. The average molecular weight is 649 g/mol. The third-order valence-electron chi connectivity index (χ3n) is 9.48. The second kappa shape index (κ2) is 10.1. The summed E-state index contributed by atoms with van der Waals surface area (Å²) in [5, 5.41) is 6.68. The number of oxazole rings is 1. The fraction of sp³-hybridized carbons (Fsp3) is 0. The van der Waals surface area contributed by atoms with E-state index >= 15 is 0 Å². The maximum atomic E-state index is 6.30. The van der Waals surface area contributed by atoms with Crippen LogP contribution in [0.25, 0.3) is 86.6 Å². The zero-order chi connectivity index (χ0) is 32.1. The molecule has 11 aromatic rings. The fourth-order valence-corrected chi connectivity index (χ4v) is 8.28. The van der Waals surface area contributed by atoms with Crippen molar-refractivity contribution in [2.45, 2.75) is 0 Å². The van der Waals surface area contributed by atoms with Gasteiger partial charge >= 0.3 is 0 Å². The number of benzene rings is 7. The fourth-order valence-electron chi connectivity index (χ4n) is 7.18. The van der Waals surface area contributed by atoms with Gasteiger partial charge in [-0.3, -0.25) is 0 Å². The van der Waals surface area contributed by atoms with E-state index in [-0.39, 0.29) is 0 Å². The van der Waals surface area contributed by atoms with E-state index in [0.29, 0.717) is 5.89 Å². The van der Waals surface area contributed by atoms with Crippen LogP contribution in [0.1, 0.15) is 0 Å². The van der Waals surface area contributed by atoms with Crippen LogP contribution in [0, 0.1) is 0 Å². The topological polar surface area (TPSA) is 55.6 Å². The number of thiophene rings is 1. The maximum absolute atomic E-state index is 6.30. The van der Waals surface area contributed by atoms with Crippen molar-refractivity contribution in [3.8, 4) is 11.5 Å². The Balaban J connectivity index is 1.13. The minimum absolute atomic E-state index is 0.633. The highest BCUT2D eigenvalue weighted by Gasteiger charge is 2.20. The second-order valence-electron chi connectivity index (χ2n) is 12.4. The molecule has 11 rings (SSSR count). The lowest BCUT2D eigenvalue weighted by Crippen LogP contribution is -2.09. The van der Waals surface area contributed by atoms with Gasteiger partial charge in [-0.1, -0.05) is 54.6 Å². The number of aromatic nitrogens is 1. The van der Waals surface area contributed by atoms with Gasteiger partial charge in [-0.15, -0.1) is 11.3 Å². The molecule has 0 saturated carbocycles. The molecule has 0 unspecified atom stereocenters. The van der Waals surface area contributed by atoms with Crippen LogP contribution in [-0.2, 0) is 0 Å². The molecule has 0 spiro atoms. The standard InChI is InChI=1S/C43H24N2O3S/c1-2-8-25(9-3-1)43-44-35-24-42-34(23-40(35)48-43)33-22-28(16-19-41(33)49-42)45(26-14-17-38-31(20-26)29-10-4-6-12-36(29)46-38)27-15-18-39-32(21-27)30-11-5-7-13-37(30)47-39/h1-24H. The molecule has 0 aliphatic rings. The summed E-state index contributed by atoms with van der Waals surface area (Å²) in [5.41, 5.74) is 9.23. The summed E-state index contributed by atoms with van der Waals surface area (Å²) >= 11 is 1.78. The average Bonchev–Trinajstić information content (AvgIpc) is 3.92. The van der Waals surface area contributed by atoms with Gasteiger partial charge in [-0.05, 0) is 91.0 Å². The van der Waals surface area contributed by atoms with Crippen molar-refractivity contribution >= 4 is 104 Å². The third-order valence-corrected chi connectivity index (χ3v) is 10.6. The monoisotopic (exact) mass is 648 g/mol. The summed E-state index contributed by atoms with van der Waals surface area (Å²) in [6, 6.07) is 50.4. The first-order valence-corrected chi connectivity index (χ1v) is 17.0. The molecule has 0 N–H and O–H groups in total. The summed E-state index contributed by atoms with van der Waals surface area (Å²) in [6.07, 6.45) is 0. The quantitative estimate of drug-likeness (QED) is 0.190. The summed E-state index contributed by atoms with van der Waals surface area (Å²) in [6.45, 7) is 0. The molecule has 7 aromatic carbocycles. The first-order chi connectivity index (χ1) is 24.2. The van der Waals surface area contributed by atoms with Crippen LogP contribution < -0.4 is 4.90 Å². The van der Waals surface area contributed by atoms with E-state index in [1.807, 2.05) is 54.6 Å². The minimum Gasteiger partial charge on any atom is -0.456 e.